The third kappa shape index (κ3) is 5.80. The van der Waals surface area contributed by atoms with E-state index in [1.165, 1.54) is 0 Å². The van der Waals surface area contributed by atoms with E-state index in [4.69, 9.17) is 5.11 Å². The maximum absolute atomic E-state index is 12.7. The van der Waals surface area contributed by atoms with Crippen LogP contribution < -0.4 is 5.32 Å². The number of carbonyl (C=O) groups excluding carboxylic acids is 1. The van der Waals surface area contributed by atoms with Crippen molar-refractivity contribution in [3.63, 3.8) is 0 Å². The smallest absolute Gasteiger partial charge is 0.334 e. The second kappa shape index (κ2) is 10.4. The molecule has 0 spiro atoms. The van der Waals surface area contributed by atoms with Gasteiger partial charge in [-0.05, 0) is 40.8 Å². The summed E-state index contributed by atoms with van der Waals surface area (Å²) in [6.45, 7) is 0. The number of nitrogens with one attached hydrogen (secondary N) is 1. The fourth-order valence-electron chi connectivity index (χ4n) is 3.45. The molecule has 3 aromatic rings. The van der Waals surface area contributed by atoms with Gasteiger partial charge >= 0.3 is 11.9 Å². The van der Waals surface area contributed by atoms with Gasteiger partial charge < -0.3 is 20.6 Å². The van der Waals surface area contributed by atoms with E-state index < -0.39 is 30.0 Å². The van der Waals surface area contributed by atoms with Crippen LogP contribution in [0.3, 0.4) is 0 Å². The fourth-order valence-corrected chi connectivity index (χ4v) is 3.45. The molecule has 3 aromatic carbocycles. The Morgan fingerprint density at radius 2 is 1.44 bits per heavy atom. The van der Waals surface area contributed by atoms with Crippen LogP contribution in [-0.4, -0.2) is 45.3 Å². The van der Waals surface area contributed by atoms with E-state index in [1.807, 2.05) is 18.2 Å². The maximum atomic E-state index is 12.7. The number of hydrogen-bond acceptors (Lipinski definition) is 4. The average molecular weight is 433 g/mol. The fraction of sp³-hybridized carbons (Fsp3) is 0.160. The predicted octanol–water partition coefficient (Wildman–Crippen LogP) is 2.77. The van der Waals surface area contributed by atoms with Crippen molar-refractivity contribution < 1.29 is 29.7 Å². The number of carboxylic acid groups (broad SMARTS) is 2. The van der Waals surface area contributed by atoms with E-state index in [9.17, 15) is 24.6 Å². The summed E-state index contributed by atoms with van der Waals surface area (Å²) >= 11 is 0. The van der Waals surface area contributed by atoms with Gasteiger partial charge in [0.05, 0.1) is 12.5 Å². The minimum Gasteiger partial charge on any atom is -0.481 e. The number of hydrogen-bond donors (Lipinski definition) is 4. The first-order chi connectivity index (χ1) is 15.3. The van der Waals surface area contributed by atoms with Gasteiger partial charge in [0.15, 0.2) is 6.10 Å². The first-order valence-corrected chi connectivity index (χ1v) is 10.0. The van der Waals surface area contributed by atoms with Gasteiger partial charge in [0.25, 0.3) is 5.91 Å². The lowest BCUT2D eigenvalue weighted by Crippen LogP contribution is -2.48. The van der Waals surface area contributed by atoms with Crippen molar-refractivity contribution >= 4 is 17.8 Å². The van der Waals surface area contributed by atoms with Crippen LogP contribution in [-0.2, 0) is 22.4 Å². The third-order valence-electron chi connectivity index (χ3n) is 5.07. The predicted molar refractivity (Wildman–Crippen MR) is 118 cm³/mol. The quantitative estimate of drug-likeness (QED) is 0.411. The Morgan fingerprint density at radius 3 is 2.06 bits per heavy atom. The van der Waals surface area contributed by atoms with Crippen molar-refractivity contribution in [2.24, 2.45) is 0 Å². The number of benzene rings is 3. The molecular weight excluding hydrogens is 410 g/mol. The zero-order valence-corrected chi connectivity index (χ0v) is 17.1. The van der Waals surface area contributed by atoms with E-state index >= 15 is 0 Å². The Morgan fingerprint density at radius 1 is 0.812 bits per heavy atom. The number of aliphatic carboxylic acids is 2. The van der Waals surface area contributed by atoms with Crippen molar-refractivity contribution in [2.75, 3.05) is 0 Å². The number of aliphatic hydroxyl groups is 1. The molecule has 4 N–H and O–H groups in total. The molecule has 0 aliphatic heterocycles. The molecule has 0 aliphatic rings. The van der Waals surface area contributed by atoms with Gasteiger partial charge in [0.2, 0.25) is 0 Å². The lowest BCUT2D eigenvalue weighted by atomic mass is 9.96. The molecule has 7 heteroatoms. The standard InChI is InChI=1S/C25H23NO6/c27-22(28)15-19-8-4-5-9-20(19)17-10-12-18(13-11-17)24(30)26-21(23(29)25(31)32)14-16-6-2-1-3-7-16/h1-13,21,23,29H,14-15H2,(H,26,30)(H,27,28)(H,31,32)/t21-,23-/m1/s1. The first kappa shape index (κ1) is 22.7. The molecule has 7 nitrogen and oxygen atoms in total. The highest BCUT2D eigenvalue weighted by Crippen LogP contribution is 2.24. The van der Waals surface area contributed by atoms with Crippen molar-refractivity contribution in [3.8, 4) is 11.1 Å². The molecule has 32 heavy (non-hydrogen) atoms. The highest BCUT2D eigenvalue weighted by Gasteiger charge is 2.28. The normalized spacial score (nSPS) is 12.5. The Bertz CT molecular complexity index is 1090. The zero-order chi connectivity index (χ0) is 23.1. The Hall–Kier alpha value is -3.97. The lowest BCUT2D eigenvalue weighted by Gasteiger charge is -2.22. The second-order valence-corrected chi connectivity index (χ2v) is 7.36. The lowest BCUT2D eigenvalue weighted by molar-refractivity contribution is -0.148. The topological polar surface area (TPSA) is 124 Å². The Kier molecular flexibility index (Phi) is 7.36. The number of carbonyl (C=O) groups is 3. The van der Waals surface area contributed by atoms with Gasteiger partial charge in [-0.1, -0.05) is 66.7 Å². The molecule has 0 aliphatic carbocycles. The van der Waals surface area contributed by atoms with E-state index in [-0.39, 0.29) is 12.8 Å². The molecule has 0 unspecified atom stereocenters. The summed E-state index contributed by atoms with van der Waals surface area (Å²) in [6, 6.07) is 21.7. The van der Waals surface area contributed by atoms with Gasteiger partial charge in [-0.25, -0.2) is 4.79 Å². The molecule has 0 saturated heterocycles. The van der Waals surface area contributed by atoms with Gasteiger partial charge in [0.1, 0.15) is 0 Å². The van der Waals surface area contributed by atoms with E-state index in [0.29, 0.717) is 11.1 Å². The molecule has 0 saturated carbocycles. The summed E-state index contributed by atoms with van der Waals surface area (Å²) in [5.74, 6) is -2.87. The highest BCUT2D eigenvalue weighted by atomic mass is 16.4. The van der Waals surface area contributed by atoms with Crippen LogP contribution >= 0.6 is 0 Å². The molecule has 0 fully saturated rings. The monoisotopic (exact) mass is 433 g/mol. The van der Waals surface area contributed by atoms with Gasteiger partial charge in [-0.3, -0.25) is 9.59 Å². The van der Waals surface area contributed by atoms with Gasteiger partial charge in [-0.15, -0.1) is 0 Å². The maximum Gasteiger partial charge on any atom is 0.334 e. The number of aliphatic hydroxyl groups excluding tert-OH is 1. The molecule has 0 heterocycles. The average Bonchev–Trinajstić information content (AvgIpc) is 2.79. The SMILES string of the molecule is O=C(O)Cc1ccccc1-c1ccc(C(=O)N[C@H](Cc2ccccc2)[C@@H](O)C(=O)O)cc1. The molecular formula is C25H23NO6. The summed E-state index contributed by atoms with van der Waals surface area (Å²) in [5.41, 5.74) is 3.24. The zero-order valence-electron chi connectivity index (χ0n) is 17.1. The molecule has 164 valence electrons. The first-order valence-electron chi connectivity index (χ1n) is 10.0. The van der Waals surface area contributed by atoms with Crippen LogP contribution in [0, 0.1) is 0 Å². The Labute approximate surface area is 185 Å². The van der Waals surface area contributed by atoms with E-state index in [2.05, 4.69) is 5.32 Å². The molecule has 2 atom stereocenters. The largest absolute Gasteiger partial charge is 0.481 e. The summed E-state index contributed by atoms with van der Waals surface area (Å²) in [7, 11) is 0. The minimum atomic E-state index is -1.76. The molecule has 0 radical (unpaired) electrons. The van der Waals surface area contributed by atoms with Crippen molar-refractivity contribution in [1.82, 2.24) is 5.32 Å². The van der Waals surface area contributed by atoms with Crippen LogP contribution in [0.4, 0.5) is 0 Å². The van der Waals surface area contributed by atoms with Crippen LogP contribution in [0.5, 0.6) is 0 Å². The molecule has 0 bridgehead atoms. The van der Waals surface area contributed by atoms with Gasteiger partial charge in [0, 0.05) is 5.56 Å². The third-order valence-corrected chi connectivity index (χ3v) is 5.07. The van der Waals surface area contributed by atoms with E-state index in [0.717, 1.165) is 16.7 Å². The van der Waals surface area contributed by atoms with Crippen molar-refractivity contribution in [1.29, 1.82) is 0 Å². The van der Waals surface area contributed by atoms with Crippen LogP contribution in [0.25, 0.3) is 11.1 Å². The molecule has 3 rings (SSSR count). The van der Waals surface area contributed by atoms with E-state index in [1.54, 1.807) is 60.7 Å². The number of rotatable bonds is 9. The van der Waals surface area contributed by atoms with Crippen LogP contribution in [0.1, 0.15) is 21.5 Å². The van der Waals surface area contributed by atoms with Crippen molar-refractivity contribution in [3.05, 3.63) is 95.6 Å². The highest BCUT2D eigenvalue weighted by molar-refractivity contribution is 5.95. The van der Waals surface area contributed by atoms with Crippen LogP contribution in [0.2, 0.25) is 0 Å². The second-order valence-electron chi connectivity index (χ2n) is 7.36. The van der Waals surface area contributed by atoms with Gasteiger partial charge in [-0.2, -0.15) is 0 Å². The summed E-state index contributed by atoms with van der Waals surface area (Å²) in [6.07, 6.45) is -1.73. The number of carboxylic acids is 2. The summed E-state index contributed by atoms with van der Waals surface area (Å²) in [5, 5.41) is 31.0. The van der Waals surface area contributed by atoms with Crippen molar-refractivity contribution in [2.45, 2.75) is 25.0 Å². The molecule has 0 aromatic heterocycles. The number of amides is 1. The van der Waals surface area contributed by atoms with Crippen LogP contribution in [0.15, 0.2) is 78.9 Å². The molecule has 1 amide bonds. The Balaban J connectivity index is 1.78. The summed E-state index contributed by atoms with van der Waals surface area (Å²) in [4.78, 5) is 35.2. The minimum absolute atomic E-state index is 0.118. The summed E-state index contributed by atoms with van der Waals surface area (Å²) < 4.78 is 0.